The maximum absolute atomic E-state index is 13.6. The molecule has 0 radical (unpaired) electrons. The van der Waals surface area contributed by atoms with E-state index in [0.29, 0.717) is 42.4 Å². The number of ketones is 1. The van der Waals surface area contributed by atoms with Crippen LogP contribution in [-0.2, 0) is 14.3 Å². The second-order valence-corrected chi connectivity index (χ2v) is 13.1. The van der Waals surface area contributed by atoms with Gasteiger partial charge in [-0.15, -0.1) is 6.58 Å². The molecule has 4 nitrogen and oxygen atoms in total. The molecular weight excluding hydrogens is 424 g/mol. The lowest BCUT2D eigenvalue weighted by Gasteiger charge is -2.56. The van der Waals surface area contributed by atoms with Gasteiger partial charge >= 0.3 is 0 Å². The third kappa shape index (κ3) is 3.51. The Labute approximate surface area is 205 Å². The van der Waals surface area contributed by atoms with Gasteiger partial charge in [-0.05, 0) is 89.0 Å². The molecule has 6 atom stereocenters. The molecule has 34 heavy (non-hydrogen) atoms. The Morgan fingerprint density at radius 1 is 1.21 bits per heavy atom. The fourth-order valence-corrected chi connectivity index (χ4v) is 7.73. The molecule has 3 aliphatic carbocycles. The Hall–Kier alpha value is -1.65. The second-order valence-electron chi connectivity index (χ2n) is 13.1. The van der Waals surface area contributed by atoms with Gasteiger partial charge < -0.3 is 14.6 Å². The van der Waals surface area contributed by atoms with Crippen molar-refractivity contribution in [1.82, 2.24) is 0 Å². The number of aliphatic hydroxyl groups excluding tert-OH is 1. The van der Waals surface area contributed by atoms with E-state index in [9.17, 15) is 9.90 Å². The van der Waals surface area contributed by atoms with Gasteiger partial charge in [0, 0.05) is 23.5 Å². The van der Waals surface area contributed by atoms with Gasteiger partial charge in [0.1, 0.15) is 17.0 Å². The van der Waals surface area contributed by atoms with E-state index in [1.807, 2.05) is 19.9 Å². The second kappa shape index (κ2) is 7.67. The molecule has 2 heterocycles. The van der Waals surface area contributed by atoms with Gasteiger partial charge in [-0.25, -0.2) is 0 Å². The van der Waals surface area contributed by atoms with E-state index in [0.717, 1.165) is 24.8 Å². The third-order valence-corrected chi connectivity index (χ3v) is 9.89. The Morgan fingerprint density at radius 3 is 2.59 bits per heavy atom. The van der Waals surface area contributed by atoms with E-state index in [2.05, 4.69) is 33.9 Å². The first-order chi connectivity index (χ1) is 15.8. The minimum atomic E-state index is -0.891. The van der Waals surface area contributed by atoms with Crippen molar-refractivity contribution in [3.8, 4) is 0 Å². The number of hydrogen-bond donors (Lipinski definition) is 1. The van der Waals surface area contributed by atoms with Crippen molar-refractivity contribution in [2.75, 3.05) is 0 Å². The van der Waals surface area contributed by atoms with Crippen LogP contribution in [0.15, 0.2) is 47.8 Å². The molecular formula is C30H42O4. The van der Waals surface area contributed by atoms with E-state index in [1.165, 1.54) is 18.4 Å². The lowest BCUT2D eigenvalue weighted by atomic mass is 9.55. The minimum Gasteiger partial charge on any atom is -0.488 e. The quantitative estimate of drug-likeness (QED) is 0.492. The first-order valence-corrected chi connectivity index (χ1v) is 13.2. The number of Topliss-reactive ketones (excluding diaryl/α,β-unsaturated/α-hetero) is 1. The van der Waals surface area contributed by atoms with Gasteiger partial charge in [-0.1, -0.05) is 32.1 Å². The standard InChI is InChI=1S/C30H42O4/c1-8-10-19-15-30(17-24(31)28(5,6)34-30)26-22(25(19)32)14-20-13-21-18(2)11-9-12-27(3,4)23(21)16-29(20,7)33-26/h8,15,20-21,23-24,31H,1-2,9-14,16-17H2,3-7H3/t20-,21+,23-,24-,29+,30+/m1/s1. The van der Waals surface area contributed by atoms with Gasteiger partial charge in [0.05, 0.1) is 11.7 Å². The molecule has 2 aliphatic heterocycles. The van der Waals surface area contributed by atoms with Crippen molar-refractivity contribution < 1.29 is 19.4 Å². The van der Waals surface area contributed by atoms with Crippen molar-refractivity contribution in [3.63, 3.8) is 0 Å². The number of carbonyl (C=O) groups is 1. The van der Waals surface area contributed by atoms with Gasteiger partial charge in [-0.2, -0.15) is 0 Å². The van der Waals surface area contributed by atoms with Crippen LogP contribution in [0.1, 0.15) is 86.0 Å². The molecule has 0 aromatic rings. The van der Waals surface area contributed by atoms with Crippen molar-refractivity contribution in [3.05, 3.63) is 47.8 Å². The Morgan fingerprint density at radius 2 is 1.94 bits per heavy atom. The lowest BCUT2D eigenvalue weighted by Crippen LogP contribution is -2.55. The molecule has 1 saturated heterocycles. The van der Waals surface area contributed by atoms with Gasteiger partial charge in [0.25, 0.3) is 0 Å². The van der Waals surface area contributed by atoms with Gasteiger partial charge in [0.15, 0.2) is 5.78 Å². The minimum absolute atomic E-state index is 0.0625. The summed E-state index contributed by atoms with van der Waals surface area (Å²) in [5.41, 5.74) is 1.12. The first kappa shape index (κ1) is 24.1. The van der Waals surface area contributed by atoms with Crippen molar-refractivity contribution in [1.29, 1.82) is 0 Å². The zero-order chi connectivity index (χ0) is 24.7. The fraction of sp³-hybridized carbons (Fsp3) is 0.700. The number of aliphatic hydroxyl groups is 1. The summed E-state index contributed by atoms with van der Waals surface area (Å²) in [5.74, 6) is 1.99. The maximum Gasteiger partial charge on any atom is 0.188 e. The number of carbonyl (C=O) groups excluding carboxylic acids is 1. The Balaban J connectivity index is 1.58. The van der Waals surface area contributed by atoms with Crippen LogP contribution in [-0.4, -0.2) is 33.8 Å². The van der Waals surface area contributed by atoms with Crippen LogP contribution in [0.4, 0.5) is 0 Å². The summed E-state index contributed by atoms with van der Waals surface area (Å²) in [4.78, 5) is 13.6. The topological polar surface area (TPSA) is 55.8 Å². The zero-order valence-electron chi connectivity index (χ0n) is 21.7. The number of rotatable bonds is 2. The van der Waals surface area contributed by atoms with Crippen molar-refractivity contribution in [2.45, 2.75) is 109 Å². The third-order valence-electron chi connectivity index (χ3n) is 9.89. The van der Waals surface area contributed by atoms with Crippen molar-refractivity contribution in [2.24, 2.45) is 23.2 Å². The van der Waals surface area contributed by atoms with Crippen LogP contribution >= 0.6 is 0 Å². The highest BCUT2D eigenvalue weighted by atomic mass is 16.6. The molecule has 5 rings (SSSR count). The summed E-state index contributed by atoms with van der Waals surface area (Å²) in [6.07, 6.45) is 10.2. The van der Waals surface area contributed by atoms with E-state index in [-0.39, 0.29) is 22.7 Å². The van der Waals surface area contributed by atoms with E-state index in [1.54, 1.807) is 6.08 Å². The molecule has 0 unspecified atom stereocenters. The molecule has 3 fully saturated rings. The summed E-state index contributed by atoms with van der Waals surface area (Å²) in [5, 5.41) is 10.9. The number of ether oxygens (including phenoxy) is 2. The fourth-order valence-electron chi connectivity index (χ4n) is 7.73. The Bertz CT molecular complexity index is 997. The predicted octanol–water partition coefficient (Wildman–Crippen LogP) is 6.21. The highest BCUT2D eigenvalue weighted by Gasteiger charge is 2.61. The highest BCUT2D eigenvalue weighted by molar-refractivity contribution is 6.10. The number of fused-ring (bicyclic) bond motifs is 3. The summed E-state index contributed by atoms with van der Waals surface area (Å²) < 4.78 is 13.6. The average molecular weight is 467 g/mol. The monoisotopic (exact) mass is 466 g/mol. The summed E-state index contributed by atoms with van der Waals surface area (Å²) in [6.45, 7) is 19.3. The smallest absolute Gasteiger partial charge is 0.188 e. The maximum atomic E-state index is 13.6. The summed E-state index contributed by atoms with van der Waals surface area (Å²) in [6, 6.07) is 0. The molecule has 0 amide bonds. The number of allylic oxidation sites excluding steroid dienone is 4. The van der Waals surface area contributed by atoms with Crippen LogP contribution in [0.25, 0.3) is 0 Å². The molecule has 186 valence electrons. The van der Waals surface area contributed by atoms with E-state index < -0.39 is 17.3 Å². The Kier molecular flexibility index (Phi) is 5.43. The lowest BCUT2D eigenvalue weighted by molar-refractivity contribution is -0.158. The molecule has 4 heteroatoms. The zero-order valence-corrected chi connectivity index (χ0v) is 21.7. The normalized spacial score (nSPS) is 42.8. The largest absolute Gasteiger partial charge is 0.488 e. The summed E-state index contributed by atoms with van der Waals surface area (Å²) in [7, 11) is 0. The average Bonchev–Trinajstić information content (AvgIpc) is 2.91. The van der Waals surface area contributed by atoms with Crippen LogP contribution in [0.5, 0.6) is 0 Å². The first-order valence-electron chi connectivity index (χ1n) is 13.2. The molecule has 1 N–H and O–H groups in total. The molecule has 0 aromatic carbocycles. The molecule has 0 bridgehead atoms. The van der Waals surface area contributed by atoms with Crippen LogP contribution in [0, 0.1) is 23.2 Å². The van der Waals surface area contributed by atoms with E-state index in [4.69, 9.17) is 9.47 Å². The van der Waals surface area contributed by atoms with E-state index >= 15 is 0 Å². The SMILES string of the molecule is C=CCC1=C[C@]2(C[C@@H](O)C(C)(C)O2)C2=C(C[C@H]3C[C@H]4C(=C)CCCC(C)(C)[C@@H]4C[C@]3(C)O2)C1=O. The van der Waals surface area contributed by atoms with Gasteiger partial charge in [-0.3, -0.25) is 4.79 Å². The predicted molar refractivity (Wildman–Crippen MR) is 134 cm³/mol. The van der Waals surface area contributed by atoms with Crippen LogP contribution in [0.2, 0.25) is 0 Å². The highest BCUT2D eigenvalue weighted by Crippen LogP contribution is 2.60. The molecule has 0 aromatic heterocycles. The van der Waals surface area contributed by atoms with Crippen molar-refractivity contribution >= 4 is 5.78 Å². The summed E-state index contributed by atoms with van der Waals surface area (Å²) >= 11 is 0. The molecule has 5 aliphatic rings. The van der Waals surface area contributed by atoms with Gasteiger partial charge in [0.2, 0.25) is 0 Å². The molecule has 1 spiro atoms. The van der Waals surface area contributed by atoms with Crippen LogP contribution < -0.4 is 0 Å². The molecule has 2 saturated carbocycles. The van der Waals surface area contributed by atoms with Crippen LogP contribution in [0.3, 0.4) is 0 Å². The number of hydrogen-bond acceptors (Lipinski definition) is 4.